The van der Waals surface area contributed by atoms with Crippen LogP contribution >= 0.6 is 0 Å². The van der Waals surface area contributed by atoms with E-state index in [1.807, 2.05) is 12.1 Å². The number of pyridine rings is 1. The third-order valence-corrected chi connectivity index (χ3v) is 4.25. The molecule has 6 nitrogen and oxygen atoms in total. The van der Waals surface area contributed by atoms with Gasteiger partial charge in [0.1, 0.15) is 18.0 Å². The molecule has 23 heavy (non-hydrogen) atoms. The van der Waals surface area contributed by atoms with Crippen LogP contribution in [0.25, 0.3) is 0 Å². The molecule has 0 amide bonds. The highest BCUT2D eigenvalue weighted by molar-refractivity contribution is 5.42. The Hall–Kier alpha value is -2.21. The minimum Gasteiger partial charge on any atom is -0.392 e. The molecular formula is C17H23N5O. The number of piperidine rings is 1. The molecule has 0 spiro atoms. The van der Waals surface area contributed by atoms with Crippen molar-refractivity contribution in [1.29, 1.82) is 0 Å². The molecule has 2 N–H and O–H groups in total. The topological polar surface area (TPSA) is 74.2 Å². The zero-order valence-electron chi connectivity index (χ0n) is 13.4. The first-order chi connectivity index (χ1) is 11.3. The van der Waals surface area contributed by atoms with Crippen molar-refractivity contribution in [3.63, 3.8) is 0 Å². The highest BCUT2D eigenvalue weighted by atomic mass is 16.3. The Kier molecular flexibility index (Phi) is 5.02. The maximum Gasteiger partial charge on any atom is 0.132 e. The van der Waals surface area contributed by atoms with Crippen LogP contribution < -0.4 is 10.2 Å². The maximum absolute atomic E-state index is 9.20. The third kappa shape index (κ3) is 3.96. The van der Waals surface area contributed by atoms with Crippen LogP contribution in [0.15, 0.2) is 30.7 Å². The van der Waals surface area contributed by atoms with E-state index in [0.29, 0.717) is 6.04 Å². The second kappa shape index (κ2) is 7.37. The summed E-state index contributed by atoms with van der Waals surface area (Å²) in [6, 6.07) is 6.22. The molecule has 0 radical (unpaired) electrons. The summed E-state index contributed by atoms with van der Waals surface area (Å²) in [5, 5.41) is 12.7. The van der Waals surface area contributed by atoms with E-state index >= 15 is 0 Å². The number of anilines is 2. The van der Waals surface area contributed by atoms with Gasteiger partial charge in [-0.05, 0) is 37.0 Å². The van der Waals surface area contributed by atoms with Crippen molar-refractivity contribution < 1.29 is 5.11 Å². The molecule has 1 fully saturated rings. The van der Waals surface area contributed by atoms with Gasteiger partial charge in [-0.15, -0.1) is 0 Å². The highest BCUT2D eigenvalue weighted by Crippen LogP contribution is 2.20. The summed E-state index contributed by atoms with van der Waals surface area (Å²) < 4.78 is 0. The predicted octanol–water partition coefficient (Wildman–Crippen LogP) is 2.01. The van der Waals surface area contributed by atoms with Gasteiger partial charge in [-0.1, -0.05) is 6.92 Å². The summed E-state index contributed by atoms with van der Waals surface area (Å²) in [7, 11) is 0. The molecule has 3 heterocycles. The Labute approximate surface area is 136 Å². The zero-order chi connectivity index (χ0) is 16.1. The Morgan fingerprint density at radius 2 is 2.04 bits per heavy atom. The third-order valence-electron chi connectivity index (χ3n) is 4.25. The van der Waals surface area contributed by atoms with E-state index in [1.54, 1.807) is 12.5 Å². The van der Waals surface area contributed by atoms with Crippen molar-refractivity contribution in [2.24, 2.45) is 0 Å². The predicted molar refractivity (Wildman–Crippen MR) is 90.4 cm³/mol. The summed E-state index contributed by atoms with van der Waals surface area (Å²) in [6.07, 6.45) is 6.40. The summed E-state index contributed by atoms with van der Waals surface area (Å²) in [5.74, 6) is 1.86. The molecule has 0 unspecified atom stereocenters. The molecule has 2 aromatic heterocycles. The molecular weight excluding hydrogens is 290 g/mol. The molecule has 122 valence electrons. The Bertz CT molecular complexity index is 640. The monoisotopic (exact) mass is 313 g/mol. The fourth-order valence-corrected chi connectivity index (χ4v) is 2.87. The number of rotatable bonds is 5. The maximum atomic E-state index is 9.20. The van der Waals surface area contributed by atoms with Crippen LogP contribution in [-0.2, 0) is 13.0 Å². The van der Waals surface area contributed by atoms with Gasteiger partial charge in [0.05, 0.1) is 6.61 Å². The van der Waals surface area contributed by atoms with Crippen LogP contribution in [0.2, 0.25) is 0 Å². The standard InChI is InChI=1S/C17H23N5O/c1-2-14-10-17(20-12-19-14)22-7-4-15(5-8-22)21-16-9-13(11-23)3-6-18-16/h3,6,9-10,12,15,23H,2,4-5,7-8,11H2,1H3,(H,18,21). The first kappa shape index (κ1) is 15.7. The van der Waals surface area contributed by atoms with Gasteiger partial charge in [0.2, 0.25) is 0 Å². The van der Waals surface area contributed by atoms with E-state index in [4.69, 9.17) is 0 Å². The van der Waals surface area contributed by atoms with Gasteiger partial charge in [0.25, 0.3) is 0 Å². The molecule has 0 saturated carbocycles. The first-order valence-electron chi connectivity index (χ1n) is 8.16. The van der Waals surface area contributed by atoms with Crippen molar-refractivity contribution in [2.45, 2.75) is 38.8 Å². The largest absolute Gasteiger partial charge is 0.392 e. The second-order valence-corrected chi connectivity index (χ2v) is 5.83. The highest BCUT2D eigenvalue weighted by Gasteiger charge is 2.20. The van der Waals surface area contributed by atoms with E-state index in [0.717, 1.165) is 55.2 Å². The summed E-state index contributed by atoms with van der Waals surface area (Å²) >= 11 is 0. The molecule has 1 saturated heterocycles. The van der Waals surface area contributed by atoms with Crippen LogP contribution in [0.5, 0.6) is 0 Å². The van der Waals surface area contributed by atoms with Crippen molar-refractivity contribution >= 4 is 11.6 Å². The van der Waals surface area contributed by atoms with Gasteiger partial charge < -0.3 is 15.3 Å². The van der Waals surface area contributed by atoms with Gasteiger partial charge in [-0.25, -0.2) is 15.0 Å². The fourth-order valence-electron chi connectivity index (χ4n) is 2.87. The van der Waals surface area contributed by atoms with Crippen LogP contribution in [0.1, 0.15) is 31.0 Å². The lowest BCUT2D eigenvalue weighted by Crippen LogP contribution is -2.39. The number of aryl methyl sites for hydroxylation is 1. The molecule has 1 aliphatic rings. The number of aromatic nitrogens is 3. The van der Waals surface area contributed by atoms with Crippen LogP contribution in [-0.4, -0.2) is 39.2 Å². The number of aliphatic hydroxyl groups excluding tert-OH is 1. The van der Waals surface area contributed by atoms with Crippen molar-refractivity contribution in [3.05, 3.63) is 42.0 Å². The van der Waals surface area contributed by atoms with Gasteiger partial charge in [-0.2, -0.15) is 0 Å². The van der Waals surface area contributed by atoms with Gasteiger partial charge in [0.15, 0.2) is 0 Å². The second-order valence-electron chi connectivity index (χ2n) is 5.83. The summed E-state index contributed by atoms with van der Waals surface area (Å²) in [4.78, 5) is 15.3. The lowest BCUT2D eigenvalue weighted by molar-refractivity contribution is 0.282. The van der Waals surface area contributed by atoms with E-state index in [1.165, 1.54) is 0 Å². The number of nitrogens with one attached hydrogen (secondary N) is 1. The lowest BCUT2D eigenvalue weighted by Gasteiger charge is -2.33. The molecule has 3 rings (SSSR count). The van der Waals surface area contributed by atoms with E-state index in [9.17, 15) is 5.11 Å². The summed E-state index contributed by atoms with van der Waals surface area (Å²) in [5.41, 5.74) is 1.97. The smallest absolute Gasteiger partial charge is 0.132 e. The van der Waals surface area contributed by atoms with Crippen LogP contribution in [0.3, 0.4) is 0 Å². The van der Waals surface area contributed by atoms with Gasteiger partial charge in [0, 0.05) is 37.1 Å². The Morgan fingerprint density at radius 1 is 1.22 bits per heavy atom. The Balaban J connectivity index is 1.57. The summed E-state index contributed by atoms with van der Waals surface area (Å²) in [6.45, 7) is 4.09. The molecule has 0 aromatic carbocycles. The first-order valence-corrected chi connectivity index (χ1v) is 8.16. The number of nitrogens with zero attached hydrogens (tertiary/aromatic N) is 4. The fraction of sp³-hybridized carbons (Fsp3) is 0.471. The number of aliphatic hydroxyl groups is 1. The molecule has 0 aliphatic carbocycles. The molecule has 2 aromatic rings. The number of hydrogen-bond donors (Lipinski definition) is 2. The molecule has 0 bridgehead atoms. The average molecular weight is 313 g/mol. The molecule has 1 aliphatic heterocycles. The average Bonchev–Trinajstić information content (AvgIpc) is 2.62. The van der Waals surface area contributed by atoms with Crippen LogP contribution in [0.4, 0.5) is 11.6 Å². The SMILES string of the molecule is CCc1cc(N2CCC(Nc3cc(CO)ccn3)CC2)ncn1. The lowest BCUT2D eigenvalue weighted by atomic mass is 10.0. The van der Waals surface area contributed by atoms with Crippen molar-refractivity contribution in [1.82, 2.24) is 15.0 Å². The van der Waals surface area contributed by atoms with Gasteiger partial charge in [-0.3, -0.25) is 0 Å². The van der Waals surface area contributed by atoms with E-state index < -0.39 is 0 Å². The number of hydrogen-bond acceptors (Lipinski definition) is 6. The minimum atomic E-state index is 0.0448. The molecule has 6 heteroatoms. The van der Waals surface area contributed by atoms with Gasteiger partial charge >= 0.3 is 0 Å². The van der Waals surface area contributed by atoms with E-state index in [2.05, 4.69) is 38.2 Å². The Morgan fingerprint density at radius 3 is 2.78 bits per heavy atom. The van der Waals surface area contributed by atoms with E-state index in [-0.39, 0.29) is 6.61 Å². The molecule has 0 atom stereocenters. The van der Waals surface area contributed by atoms with Crippen molar-refractivity contribution in [3.8, 4) is 0 Å². The van der Waals surface area contributed by atoms with Crippen LogP contribution in [0, 0.1) is 0 Å². The quantitative estimate of drug-likeness (QED) is 0.879. The zero-order valence-corrected chi connectivity index (χ0v) is 13.4. The minimum absolute atomic E-state index is 0.0448. The van der Waals surface area contributed by atoms with Crippen molar-refractivity contribution in [2.75, 3.05) is 23.3 Å². The normalized spacial score (nSPS) is 15.7.